The Hall–Kier alpha value is -3.22. The van der Waals surface area contributed by atoms with Gasteiger partial charge in [0.25, 0.3) is 6.26 Å². The smallest absolute Gasteiger partial charge is 0.332 e. The van der Waals surface area contributed by atoms with Crippen molar-refractivity contribution >= 4 is 31.8 Å². The van der Waals surface area contributed by atoms with Crippen LogP contribution in [0.25, 0.3) is 0 Å². The van der Waals surface area contributed by atoms with E-state index < -0.39 is 31.3 Å². The number of carbonyl (C=O) groups is 1. The normalized spacial score (nSPS) is 27.9. The monoisotopic (exact) mass is 834 g/mol. The van der Waals surface area contributed by atoms with Gasteiger partial charge in [0.1, 0.15) is 5.75 Å². The Kier molecular flexibility index (Phi) is 12.2. The number of hydrogen-bond acceptors (Lipinski definition) is 9. The molecule has 0 aromatic heterocycles. The molecule has 8 aliphatic rings. The minimum absolute atomic E-state index is 0.289. The number of ether oxygens (including phenoxy) is 1. The Morgan fingerprint density at radius 3 is 1.48 bits per heavy atom. The molecule has 2 unspecified atom stereocenters. The fourth-order valence-corrected chi connectivity index (χ4v) is 14.7. The Morgan fingerprint density at radius 2 is 1.09 bits per heavy atom. The number of nitriles is 1. The average Bonchev–Trinajstić information content (AvgIpc) is 4.05. The Morgan fingerprint density at radius 1 is 0.690 bits per heavy atom. The highest BCUT2D eigenvalue weighted by Crippen LogP contribution is 2.42. The molecule has 2 amide bonds. The summed E-state index contributed by atoms with van der Waals surface area (Å²) in [6.45, 7) is 6.29. The van der Waals surface area contributed by atoms with Gasteiger partial charge in [-0.05, 0) is 186 Å². The molecule has 0 spiro atoms. The van der Waals surface area contributed by atoms with Crippen molar-refractivity contribution in [2.75, 3.05) is 18.4 Å². The molecule has 4 N–H and O–H groups in total. The molecule has 4 heterocycles. The van der Waals surface area contributed by atoms with Crippen LogP contribution in [0.5, 0.6) is 5.75 Å². The van der Waals surface area contributed by atoms with Crippen LogP contribution in [0.1, 0.15) is 135 Å². The number of sulfonamides is 2. The fraction of sp³-hybridized carbons (Fsp3) is 0.682. The van der Waals surface area contributed by atoms with Crippen molar-refractivity contribution in [3.8, 4) is 12.0 Å². The maximum absolute atomic E-state index is 13.0. The molecule has 4 aliphatic carbocycles. The molecule has 0 saturated carbocycles. The van der Waals surface area contributed by atoms with Gasteiger partial charge in [0.2, 0.25) is 20.0 Å². The summed E-state index contributed by atoms with van der Waals surface area (Å²) >= 11 is 0. The van der Waals surface area contributed by atoms with Gasteiger partial charge in [-0.1, -0.05) is 26.0 Å². The third-order valence-electron chi connectivity index (χ3n) is 14.8. The summed E-state index contributed by atoms with van der Waals surface area (Å²) < 4.78 is 56.0. The number of carbonyl (C=O) groups excluding carboxylic acids is 1. The lowest BCUT2D eigenvalue weighted by Crippen LogP contribution is -2.50. The maximum atomic E-state index is 13.0. The summed E-state index contributed by atoms with van der Waals surface area (Å²) in [4.78, 5) is 17.6. The summed E-state index contributed by atoms with van der Waals surface area (Å²) in [7, 11) is -6.99. The van der Waals surface area contributed by atoms with Crippen LogP contribution in [-0.4, -0.2) is 80.4 Å². The lowest BCUT2D eigenvalue weighted by molar-refractivity contribution is 0.150. The van der Waals surface area contributed by atoms with E-state index in [4.69, 9.17) is 15.1 Å². The molecular weight excluding hydrogens is 773 g/mol. The highest BCUT2D eigenvalue weighted by atomic mass is 32.2. The van der Waals surface area contributed by atoms with Gasteiger partial charge in [-0.25, -0.2) is 31.5 Å². The Bertz CT molecular complexity index is 2080. The van der Waals surface area contributed by atoms with Gasteiger partial charge in [-0.2, -0.15) is 0 Å². The summed E-state index contributed by atoms with van der Waals surface area (Å²) in [6, 6.07) is 5.65. The SMILES string of the molecule is CCN1[C@@H]2CC[C@H]1CC(S(=O)(=O)NC(=O)Nc1c3c(cc4c1CCC4)CCC3)C2.CCN1[C@@H]2CC[C@H]1CC(S(N)(=O)=O)C2.N#COc1c2c(cc3c1CCC3)CCC2. The number of benzene rings is 2. The number of urea groups is 1. The molecule has 58 heavy (non-hydrogen) atoms. The van der Waals surface area contributed by atoms with E-state index in [0.717, 1.165) is 127 Å². The molecule has 2 aromatic rings. The zero-order valence-electron chi connectivity index (χ0n) is 34.4. The second-order valence-corrected chi connectivity index (χ2v) is 21.7. The van der Waals surface area contributed by atoms with Crippen molar-refractivity contribution in [1.82, 2.24) is 14.5 Å². The summed E-state index contributed by atoms with van der Waals surface area (Å²) in [5.41, 5.74) is 11.4. The van der Waals surface area contributed by atoms with Gasteiger partial charge in [0, 0.05) is 29.9 Å². The third kappa shape index (κ3) is 8.27. The van der Waals surface area contributed by atoms with E-state index in [1.54, 1.807) is 0 Å². The molecule has 10 rings (SSSR count). The van der Waals surface area contributed by atoms with Crippen LogP contribution >= 0.6 is 0 Å². The van der Waals surface area contributed by atoms with E-state index >= 15 is 0 Å². The molecule has 14 heteroatoms. The molecule has 0 radical (unpaired) electrons. The molecule has 316 valence electrons. The summed E-state index contributed by atoms with van der Waals surface area (Å²) in [5, 5.41) is 16.1. The van der Waals surface area contributed by atoms with E-state index in [9.17, 15) is 21.6 Å². The van der Waals surface area contributed by atoms with Crippen molar-refractivity contribution in [3.63, 3.8) is 0 Å². The largest absolute Gasteiger partial charge is 0.387 e. The number of primary sulfonamides is 1. The first-order chi connectivity index (χ1) is 27.9. The standard InChI is InChI=1S/C22H31N3O3S.C13H13NO.C9H18N2O2S/c1-2-25-16-9-10-17(25)13-18(12-16)29(27,28)24-22(26)23-21-19-7-3-5-14(19)11-15-6-4-8-20(15)21;14-8-15-13-11-5-1-3-9(11)7-10-4-2-6-12(10)13;1-2-11-7-3-4-8(11)6-9(5-7)14(10,12)13/h11,16-18H,2-10,12-13H2,1H3,(H2,23,24,26);7H,1-6H2;7-9H,2-6H2,1H3,(H2,10,12,13)/t16-,17+,18?;;7-,8+,9?. The molecule has 2 aromatic carbocycles. The van der Waals surface area contributed by atoms with E-state index in [2.05, 4.69) is 45.8 Å². The van der Waals surface area contributed by atoms with Gasteiger partial charge in [0.05, 0.1) is 10.5 Å². The zero-order valence-corrected chi connectivity index (χ0v) is 36.0. The minimum Gasteiger partial charge on any atom is -0.387 e. The second kappa shape index (κ2) is 17.0. The quantitative estimate of drug-likeness (QED) is 0.285. The molecular formula is C44H62N6O6S2. The second-order valence-electron chi connectivity index (χ2n) is 17.9. The van der Waals surface area contributed by atoms with Crippen molar-refractivity contribution in [2.24, 2.45) is 5.14 Å². The summed E-state index contributed by atoms with van der Waals surface area (Å²) in [5.74, 6) is 0.903. The first-order valence-corrected chi connectivity index (χ1v) is 25.3. The van der Waals surface area contributed by atoms with Crippen LogP contribution < -0.4 is 19.9 Å². The van der Waals surface area contributed by atoms with Gasteiger partial charge in [-0.15, -0.1) is 5.26 Å². The lowest BCUT2D eigenvalue weighted by Gasteiger charge is -2.37. The first kappa shape index (κ1) is 41.5. The highest BCUT2D eigenvalue weighted by molar-refractivity contribution is 7.90. The number of nitrogens with two attached hydrogens (primary N) is 1. The van der Waals surface area contributed by atoms with Gasteiger partial charge < -0.3 is 10.1 Å². The number of hydrogen-bond donors (Lipinski definition) is 3. The third-order valence-corrected chi connectivity index (χ3v) is 17.9. The van der Waals surface area contributed by atoms with E-state index in [-0.39, 0.29) is 5.25 Å². The topological polar surface area (TPSA) is 175 Å². The number of aryl methyl sites for hydroxylation is 4. The number of nitrogens with zero attached hydrogens (tertiary/aromatic N) is 3. The van der Waals surface area contributed by atoms with Crippen LogP contribution in [0.15, 0.2) is 12.1 Å². The van der Waals surface area contributed by atoms with E-state index in [1.807, 2.05) is 6.26 Å². The number of anilines is 1. The highest BCUT2D eigenvalue weighted by Gasteiger charge is 2.45. The molecule has 4 aliphatic heterocycles. The van der Waals surface area contributed by atoms with Crippen molar-refractivity contribution in [2.45, 2.75) is 177 Å². The molecule has 6 atom stereocenters. The van der Waals surface area contributed by atoms with Crippen molar-refractivity contribution < 1.29 is 26.4 Å². The minimum atomic E-state index is -3.68. The van der Waals surface area contributed by atoms with Crippen LogP contribution in [0.4, 0.5) is 10.5 Å². The van der Waals surface area contributed by atoms with Crippen LogP contribution in [-0.2, 0) is 71.4 Å². The Labute approximate surface area is 345 Å². The zero-order chi connectivity index (χ0) is 40.8. The number of nitrogens with one attached hydrogen (secondary N) is 2. The average molecular weight is 835 g/mol. The van der Waals surface area contributed by atoms with Crippen molar-refractivity contribution in [3.05, 3.63) is 56.6 Å². The maximum Gasteiger partial charge on any atom is 0.332 e. The lowest BCUT2D eigenvalue weighted by atomic mass is 9.99. The number of amides is 2. The van der Waals surface area contributed by atoms with Crippen LogP contribution in [0.3, 0.4) is 0 Å². The van der Waals surface area contributed by atoms with Crippen LogP contribution in [0.2, 0.25) is 0 Å². The molecule has 4 fully saturated rings. The molecule has 12 nitrogen and oxygen atoms in total. The van der Waals surface area contributed by atoms with Gasteiger partial charge >= 0.3 is 6.03 Å². The number of piperidine rings is 2. The van der Waals surface area contributed by atoms with Crippen molar-refractivity contribution in [1.29, 1.82) is 5.26 Å². The number of fused-ring (bicyclic) bond motifs is 8. The Balaban J connectivity index is 0.000000135. The predicted molar refractivity (Wildman–Crippen MR) is 226 cm³/mol. The predicted octanol–water partition coefficient (Wildman–Crippen LogP) is 5.94. The first-order valence-electron chi connectivity index (χ1n) is 22.1. The fourth-order valence-electron chi connectivity index (χ4n) is 12.3. The van der Waals surface area contributed by atoms with E-state index in [1.165, 1.54) is 57.3 Å². The molecule has 4 bridgehead atoms. The van der Waals surface area contributed by atoms with Crippen LogP contribution in [0, 0.1) is 11.5 Å². The van der Waals surface area contributed by atoms with Gasteiger partial charge in [-0.3, -0.25) is 9.80 Å². The number of rotatable bonds is 7. The van der Waals surface area contributed by atoms with Gasteiger partial charge in [0.15, 0.2) is 0 Å². The van der Waals surface area contributed by atoms with E-state index in [0.29, 0.717) is 37.0 Å². The summed E-state index contributed by atoms with van der Waals surface area (Å²) in [6.07, 6.45) is 22.1. The molecule has 4 saturated heterocycles.